The van der Waals surface area contributed by atoms with E-state index in [0.717, 1.165) is 66.6 Å². The monoisotopic (exact) mass is 544 g/mol. The molecule has 9 heteroatoms. The van der Waals surface area contributed by atoms with E-state index < -0.39 is 10.0 Å². The van der Waals surface area contributed by atoms with Crippen molar-refractivity contribution in [3.8, 4) is 11.1 Å². The molecule has 0 saturated carbocycles. The SMILES string of the molecule is CC(C)CN1CCC(C(Nc2cc(-c3ccc(NS(C)(=O)=O)cc3)c3nccnc3c2)c2cccnc2)CC1. The first-order valence-corrected chi connectivity index (χ1v) is 15.4. The highest BCUT2D eigenvalue weighted by atomic mass is 32.2. The molecule has 1 aliphatic heterocycles. The minimum Gasteiger partial charge on any atom is -0.378 e. The van der Waals surface area contributed by atoms with Crippen LogP contribution < -0.4 is 10.0 Å². The van der Waals surface area contributed by atoms with Gasteiger partial charge in [0.1, 0.15) is 0 Å². The van der Waals surface area contributed by atoms with Gasteiger partial charge in [-0.1, -0.05) is 32.0 Å². The number of aromatic nitrogens is 3. The number of nitrogens with one attached hydrogen (secondary N) is 2. The van der Waals surface area contributed by atoms with E-state index >= 15 is 0 Å². The van der Waals surface area contributed by atoms with Crippen LogP contribution in [0.4, 0.5) is 11.4 Å². The fourth-order valence-corrected chi connectivity index (χ4v) is 6.07. The molecule has 1 fully saturated rings. The van der Waals surface area contributed by atoms with Crippen LogP contribution in [0.1, 0.15) is 38.3 Å². The molecule has 8 nitrogen and oxygen atoms in total. The third-order valence-electron chi connectivity index (χ3n) is 7.17. The van der Waals surface area contributed by atoms with Gasteiger partial charge in [-0.2, -0.15) is 0 Å². The molecule has 0 aliphatic carbocycles. The third kappa shape index (κ3) is 6.91. The van der Waals surface area contributed by atoms with Gasteiger partial charge in [-0.15, -0.1) is 0 Å². The topological polar surface area (TPSA) is 100 Å². The lowest BCUT2D eigenvalue weighted by Crippen LogP contribution is -2.39. The zero-order chi connectivity index (χ0) is 27.4. The predicted molar refractivity (Wildman–Crippen MR) is 158 cm³/mol. The number of rotatable bonds is 9. The summed E-state index contributed by atoms with van der Waals surface area (Å²) in [4.78, 5) is 16.2. The van der Waals surface area contributed by atoms with Crippen LogP contribution in [0, 0.1) is 11.8 Å². The molecular weight excluding hydrogens is 508 g/mol. The molecule has 1 atom stereocenters. The lowest BCUT2D eigenvalue weighted by Gasteiger charge is -2.37. The zero-order valence-corrected chi connectivity index (χ0v) is 23.5. The summed E-state index contributed by atoms with van der Waals surface area (Å²) in [5, 5.41) is 3.85. The maximum absolute atomic E-state index is 11.6. The minimum absolute atomic E-state index is 0.114. The van der Waals surface area contributed by atoms with Crippen molar-refractivity contribution in [1.82, 2.24) is 19.9 Å². The maximum Gasteiger partial charge on any atom is 0.229 e. The molecule has 0 spiro atoms. The van der Waals surface area contributed by atoms with Crippen LogP contribution in [0.15, 0.2) is 73.3 Å². The molecule has 1 saturated heterocycles. The van der Waals surface area contributed by atoms with Gasteiger partial charge in [0.25, 0.3) is 0 Å². The lowest BCUT2D eigenvalue weighted by molar-refractivity contribution is 0.158. The van der Waals surface area contributed by atoms with Gasteiger partial charge in [0.05, 0.1) is 23.3 Å². The summed E-state index contributed by atoms with van der Waals surface area (Å²) < 4.78 is 25.8. The van der Waals surface area contributed by atoms with Crippen LogP contribution in [0.2, 0.25) is 0 Å². The van der Waals surface area contributed by atoms with E-state index in [-0.39, 0.29) is 6.04 Å². The van der Waals surface area contributed by atoms with Crippen molar-refractivity contribution in [2.45, 2.75) is 32.7 Å². The van der Waals surface area contributed by atoms with Gasteiger partial charge < -0.3 is 10.2 Å². The Morgan fingerprint density at radius 3 is 2.38 bits per heavy atom. The summed E-state index contributed by atoms with van der Waals surface area (Å²) in [5.74, 6) is 1.14. The molecule has 0 bridgehead atoms. The minimum atomic E-state index is -3.35. The van der Waals surface area contributed by atoms with E-state index in [0.29, 0.717) is 17.5 Å². The Hall–Kier alpha value is -3.56. The van der Waals surface area contributed by atoms with Crippen LogP contribution in [-0.4, -0.2) is 54.2 Å². The van der Waals surface area contributed by atoms with E-state index in [1.165, 1.54) is 5.56 Å². The molecule has 3 heterocycles. The maximum atomic E-state index is 11.6. The summed E-state index contributed by atoms with van der Waals surface area (Å²) in [6.07, 6.45) is 10.6. The fourth-order valence-electron chi connectivity index (χ4n) is 5.51. The molecule has 1 unspecified atom stereocenters. The molecule has 39 heavy (non-hydrogen) atoms. The van der Waals surface area contributed by atoms with E-state index in [9.17, 15) is 8.42 Å². The second-order valence-corrected chi connectivity index (χ2v) is 12.6. The van der Waals surface area contributed by atoms with Gasteiger partial charge in [0, 0.05) is 48.3 Å². The highest BCUT2D eigenvalue weighted by Crippen LogP contribution is 2.37. The van der Waals surface area contributed by atoms with Crippen molar-refractivity contribution in [1.29, 1.82) is 0 Å². The van der Waals surface area contributed by atoms with Crippen molar-refractivity contribution in [3.05, 3.63) is 78.9 Å². The number of likely N-dealkylation sites (tertiary alicyclic amines) is 1. The van der Waals surface area contributed by atoms with Crippen LogP contribution in [0.25, 0.3) is 22.2 Å². The number of benzene rings is 2. The normalized spacial score (nSPS) is 15.9. The number of nitrogens with zero attached hydrogens (tertiary/aromatic N) is 4. The summed E-state index contributed by atoms with van der Waals surface area (Å²) >= 11 is 0. The molecule has 2 N–H and O–H groups in total. The van der Waals surface area contributed by atoms with E-state index in [4.69, 9.17) is 0 Å². The number of piperidine rings is 1. The van der Waals surface area contributed by atoms with Crippen LogP contribution in [-0.2, 0) is 10.0 Å². The largest absolute Gasteiger partial charge is 0.378 e. The first kappa shape index (κ1) is 27.0. The van der Waals surface area contributed by atoms with Crippen LogP contribution in [0.3, 0.4) is 0 Å². The van der Waals surface area contributed by atoms with E-state index in [1.807, 2.05) is 30.6 Å². The Labute approximate surface area is 231 Å². The summed E-state index contributed by atoms with van der Waals surface area (Å²) in [5.41, 5.74) is 6.13. The molecular formula is C30H36N6O2S. The highest BCUT2D eigenvalue weighted by Gasteiger charge is 2.28. The number of hydrogen-bond acceptors (Lipinski definition) is 7. The predicted octanol–water partition coefficient (Wildman–Crippen LogP) is 5.58. The standard InChI is InChI=1S/C30H36N6O2S/c1-21(2)20-36-15-10-23(11-16-36)29(24-5-4-12-31-19-24)34-26-17-27(30-28(18-26)32-13-14-33-30)22-6-8-25(9-7-22)35-39(3,37)38/h4-9,12-14,17-19,21,23,29,34-35H,10-11,15-16,20H2,1-3H3. The van der Waals surface area contributed by atoms with Crippen molar-refractivity contribution < 1.29 is 8.42 Å². The van der Waals surface area contributed by atoms with E-state index in [2.05, 4.69) is 61.9 Å². The average molecular weight is 545 g/mol. The number of hydrogen-bond donors (Lipinski definition) is 2. The molecule has 1 aliphatic rings. The average Bonchev–Trinajstić information content (AvgIpc) is 2.92. The number of anilines is 2. The zero-order valence-electron chi connectivity index (χ0n) is 22.7. The quantitative estimate of drug-likeness (QED) is 0.284. The number of pyridine rings is 1. The Kier molecular flexibility index (Phi) is 8.09. The Morgan fingerprint density at radius 2 is 1.72 bits per heavy atom. The number of fused-ring (bicyclic) bond motifs is 1. The van der Waals surface area contributed by atoms with Crippen LogP contribution in [0.5, 0.6) is 0 Å². The molecule has 0 radical (unpaired) electrons. The van der Waals surface area contributed by atoms with Crippen molar-refractivity contribution in [2.75, 3.05) is 35.9 Å². The van der Waals surface area contributed by atoms with Gasteiger partial charge in [-0.3, -0.25) is 19.7 Å². The van der Waals surface area contributed by atoms with Crippen molar-refractivity contribution in [3.63, 3.8) is 0 Å². The van der Waals surface area contributed by atoms with Gasteiger partial charge in [0.2, 0.25) is 10.0 Å². The molecule has 204 valence electrons. The molecule has 5 rings (SSSR count). The van der Waals surface area contributed by atoms with E-state index in [1.54, 1.807) is 24.5 Å². The highest BCUT2D eigenvalue weighted by molar-refractivity contribution is 7.92. The summed E-state index contributed by atoms with van der Waals surface area (Å²) in [7, 11) is -3.35. The van der Waals surface area contributed by atoms with Crippen molar-refractivity contribution in [2.24, 2.45) is 11.8 Å². The lowest BCUT2D eigenvalue weighted by atomic mass is 9.85. The molecule has 0 amide bonds. The fraction of sp³-hybridized carbons (Fsp3) is 0.367. The second kappa shape index (κ2) is 11.7. The van der Waals surface area contributed by atoms with Crippen LogP contribution >= 0.6 is 0 Å². The molecule has 2 aromatic heterocycles. The summed E-state index contributed by atoms with van der Waals surface area (Å²) in [6, 6.07) is 15.8. The Morgan fingerprint density at radius 1 is 0.974 bits per heavy atom. The van der Waals surface area contributed by atoms with Gasteiger partial charge in [-0.05, 0) is 79.2 Å². The third-order valence-corrected chi connectivity index (χ3v) is 7.77. The molecule has 4 aromatic rings. The first-order chi connectivity index (χ1) is 18.7. The van der Waals surface area contributed by atoms with Gasteiger partial charge >= 0.3 is 0 Å². The first-order valence-electron chi connectivity index (χ1n) is 13.5. The Bertz CT molecular complexity index is 1500. The number of sulfonamides is 1. The van der Waals surface area contributed by atoms with Gasteiger partial charge in [0.15, 0.2) is 0 Å². The van der Waals surface area contributed by atoms with Crippen molar-refractivity contribution >= 4 is 32.4 Å². The summed E-state index contributed by atoms with van der Waals surface area (Å²) in [6.45, 7) is 7.90. The second-order valence-electron chi connectivity index (χ2n) is 10.8. The molecule has 2 aromatic carbocycles. The smallest absolute Gasteiger partial charge is 0.229 e. The Balaban J connectivity index is 1.47. The van der Waals surface area contributed by atoms with Gasteiger partial charge in [-0.25, -0.2) is 8.42 Å².